The average Bonchev–Trinajstić information content (AvgIpc) is 2.64. The third-order valence-electron chi connectivity index (χ3n) is 4.18. The Morgan fingerprint density at radius 1 is 1.30 bits per heavy atom. The molecule has 110 valence electrons. The lowest BCUT2D eigenvalue weighted by molar-refractivity contribution is -0.119. The molecule has 0 aromatic heterocycles. The quantitative estimate of drug-likeness (QED) is 0.862. The van der Waals surface area contributed by atoms with Crippen LogP contribution in [0.15, 0.2) is 24.3 Å². The minimum absolute atomic E-state index is 0.142. The molecule has 0 saturated carbocycles. The number of carbonyl (C=O) groups excluding carboxylic acids is 1. The van der Waals surface area contributed by atoms with Crippen LogP contribution >= 0.6 is 0 Å². The molecule has 4 nitrogen and oxygen atoms in total. The molecule has 1 heterocycles. The highest BCUT2D eigenvalue weighted by atomic mass is 16.2. The summed E-state index contributed by atoms with van der Waals surface area (Å²) in [6, 6.07) is 7.93. The largest absolute Gasteiger partial charge is 0.399 e. The fraction of sp³-hybridized carbons (Fsp3) is 0.562. The van der Waals surface area contributed by atoms with E-state index in [1.54, 1.807) is 4.90 Å². The average molecular weight is 275 g/mol. The predicted molar refractivity (Wildman–Crippen MR) is 83.8 cm³/mol. The molecule has 4 heteroatoms. The van der Waals surface area contributed by atoms with E-state index in [0.29, 0.717) is 12.6 Å². The van der Waals surface area contributed by atoms with Gasteiger partial charge < -0.3 is 10.6 Å². The Morgan fingerprint density at radius 2 is 2.00 bits per heavy atom. The Hall–Kier alpha value is -1.55. The number of benzene rings is 1. The van der Waals surface area contributed by atoms with Gasteiger partial charge in [0.05, 0.1) is 6.54 Å². The van der Waals surface area contributed by atoms with E-state index in [9.17, 15) is 4.79 Å². The molecule has 0 aliphatic carbocycles. The highest BCUT2D eigenvalue weighted by Gasteiger charge is 2.21. The highest BCUT2D eigenvalue weighted by Crippen LogP contribution is 2.18. The monoisotopic (exact) mass is 275 g/mol. The summed E-state index contributed by atoms with van der Waals surface area (Å²) >= 11 is 0. The molecule has 1 amide bonds. The Kier molecular flexibility index (Phi) is 5.01. The van der Waals surface area contributed by atoms with Gasteiger partial charge in [-0.05, 0) is 50.6 Å². The van der Waals surface area contributed by atoms with Crippen molar-refractivity contribution in [3.63, 3.8) is 0 Å². The number of anilines is 2. The Morgan fingerprint density at radius 3 is 2.70 bits per heavy atom. The van der Waals surface area contributed by atoms with E-state index < -0.39 is 0 Å². The normalized spacial score (nSPS) is 20.4. The number of amides is 1. The van der Waals surface area contributed by atoms with Crippen LogP contribution < -0.4 is 10.6 Å². The van der Waals surface area contributed by atoms with Crippen LogP contribution in [-0.2, 0) is 4.79 Å². The lowest BCUT2D eigenvalue weighted by Gasteiger charge is -2.28. The van der Waals surface area contributed by atoms with Crippen LogP contribution in [0.5, 0.6) is 0 Å². The number of nitrogens with two attached hydrogens (primary N) is 1. The second-order valence-corrected chi connectivity index (χ2v) is 5.71. The van der Waals surface area contributed by atoms with Gasteiger partial charge in [-0.1, -0.05) is 12.8 Å². The summed E-state index contributed by atoms with van der Waals surface area (Å²) in [5.74, 6) is 0.142. The molecule has 0 bridgehead atoms. The number of likely N-dealkylation sites (N-methyl/N-ethyl adjacent to an activating group) is 1. The summed E-state index contributed by atoms with van der Waals surface area (Å²) in [4.78, 5) is 16.4. The molecule has 20 heavy (non-hydrogen) atoms. The van der Waals surface area contributed by atoms with E-state index in [-0.39, 0.29) is 5.91 Å². The van der Waals surface area contributed by atoms with E-state index in [0.717, 1.165) is 17.9 Å². The summed E-state index contributed by atoms with van der Waals surface area (Å²) in [5.41, 5.74) is 7.29. The van der Waals surface area contributed by atoms with E-state index in [4.69, 9.17) is 5.73 Å². The summed E-state index contributed by atoms with van der Waals surface area (Å²) in [6.45, 7) is 3.76. The number of carbonyl (C=O) groups is 1. The molecule has 1 aromatic rings. The lowest BCUT2D eigenvalue weighted by atomic mass is 10.1. The third-order valence-corrected chi connectivity index (χ3v) is 4.18. The summed E-state index contributed by atoms with van der Waals surface area (Å²) < 4.78 is 0. The van der Waals surface area contributed by atoms with Gasteiger partial charge >= 0.3 is 0 Å². The van der Waals surface area contributed by atoms with Gasteiger partial charge in [-0.25, -0.2) is 0 Å². The Bertz CT molecular complexity index is 444. The molecular formula is C16H25N3O. The maximum absolute atomic E-state index is 12.4. The molecule has 2 rings (SSSR count). The van der Waals surface area contributed by atoms with Crippen molar-refractivity contribution in [1.29, 1.82) is 0 Å². The van der Waals surface area contributed by atoms with Crippen molar-refractivity contribution in [3.8, 4) is 0 Å². The predicted octanol–water partition coefficient (Wildman–Crippen LogP) is 2.50. The maximum Gasteiger partial charge on any atom is 0.240 e. The number of likely N-dealkylation sites (tertiary alicyclic amines) is 1. The van der Waals surface area contributed by atoms with Crippen molar-refractivity contribution in [1.82, 2.24) is 4.90 Å². The molecule has 1 unspecified atom stereocenters. The van der Waals surface area contributed by atoms with Gasteiger partial charge in [-0.2, -0.15) is 0 Å². The maximum atomic E-state index is 12.4. The second kappa shape index (κ2) is 6.75. The molecule has 2 N–H and O–H groups in total. The van der Waals surface area contributed by atoms with Crippen LogP contribution in [0.3, 0.4) is 0 Å². The second-order valence-electron chi connectivity index (χ2n) is 5.71. The van der Waals surface area contributed by atoms with E-state index in [1.165, 1.54) is 25.7 Å². The standard InChI is InChI=1S/C16H25N3O/c1-13-6-4-3-5-11-19(13)12-16(20)18(2)15-9-7-14(17)8-10-15/h7-10,13H,3-6,11-12,17H2,1-2H3. The van der Waals surface area contributed by atoms with Crippen molar-refractivity contribution in [2.75, 3.05) is 30.8 Å². The first kappa shape index (κ1) is 14.9. The van der Waals surface area contributed by atoms with Gasteiger partial charge in [0.15, 0.2) is 0 Å². The molecule has 1 fully saturated rings. The zero-order chi connectivity index (χ0) is 14.5. The van der Waals surface area contributed by atoms with Crippen molar-refractivity contribution >= 4 is 17.3 Å². The smallest absolute Gasteiger partial charge is 0.240 e. The molecule has 1 aromatic carbocycles. The van der Waals surface area contributed by atoms with Crippen LogP contribution in [0.25, 0.3) is 0 Å². The van der Waals surface area contributed by atoms with Crippen molar-refractivity contribution in [2.24, 2.45) is 0 Å². The number of nitrogen functional groups attached to an aromatic ring is 1. The zero-order valence-corrected chi connectivity index (χ0v) is 12.5. The molecule has 1 aliphatic heterocycles. The minimum atomic E-state index is 0.142. The van der Waals surface area contributed by atoms with E-state index >= 15 is 0 Å². The number of hydrogen-bond acceptors (Lipinski definition) is 3. The van der Waals surface area contributed by atoms with Gasteiger partial charge in [0.2, 0.25) is 5.91 Å². The van der Waals surface area contributed by atoms with Crippen molar-refractivity contribution in [3.05, 3.63) is 24.3 Å². The number of nitrogens with zero attached hydrogens (tertiary/aromatic N) is 2. The van der Waals surface area contributed by atoms with Crippen LogP contribution in [0, 0.1) is 0 Å². The molecule has 1 aliphatic rings. The first-order valence-electron chi connectivity index (χ1n) is 7.44. The molecular weight excluding hydrogens is 250 g/mol. The van der Waals surface area contributed by atoms with Crippen LogP contribution in [0.1, 0.15) is 32.6 Å². The third kappa shape index (κ3) is 3.73. The Balaban J connectivity index is 1.97. The SMILES string of the molecule is CC1CCCCCN1CC(=O)N(C)c1ccc(N)cc1. The lowest BCUT2D eigenvalue weighted by Crippen LogP contribution is -2.42. The number of hydrogen-bond donors (Lipinski definition) is 1. The minimum Gasteiger partial charge on any atom is -0.399 e. The van der Waals surface area contributed by atoms with Crippen LogP contribution in [0.4, 0.5) is 11.4 Å². The highest BCUT2D eigenvalue weighted by molar-refractivity contribution is 5.94. The van der Waals surface area contributed by atoms with Gasteiger partial charge in [0.1, 0.15) is 0 Å². The van der Waals surface area contributed by atoms with Gasteiger partial charge in [-0.3, -0.25) is 9.69 Å². The van der Waals surface area contributed by atoms with Crippen LogP contribution in [-0.4, -0.2) is 37.0 Å². The summed E-state index contributed by atoms with van der Waals surface area (Å²) in [6.07, 6.45) is 4.95. The van der Waals surface area contributed by atoms with Gasteiger partial charge in [0.25, 0.3) is 0 Å². The van der Waals surface area contributed by atoms with Gasteiger partial charge in [0, 0.05) is 24.5 Å². The molecule has 0 spiro atoms. The topological polar surface area (TPSA) is 49.6 Å². The Labute approximate surface area is 121 Å². The van der Waals surface area contributed by atoms with Gasteiger partial charge in [-0.15, -0.1) is 0 Å². The fourth-order valence-corrected chi connectivity index (χ4v) is 2.69. The summed E-state index contributed by atoms with van der Waals surface area (Å²) in [7, 11) is 1.83. The molecule has 1 atom stereocenters. The number of rotatable bonds is 3. The molecule has 0 radical (unpaired) electrons. The fourth-order valence-electron chi connectivity index (χ4n) is 2.69. The van der Waals surface area contributed by atoms with Crippen molar-refractivity contribution in [2.45, 2.75) is 38.6 Å². The summed E-state index contributed by atoms with van der Waals surface area (Å²) in [5, 5.41) is 0. The van der Waals surface area contributed by atoms with Crippen LogP contribution in [0.2, 0.25) is 0 Å². The zero-order valence-electron chi connectivity index (χ0n) is 12.5. The first-order valence-corrected chi connectivity index (χ1v) is 7.44. The first-order chi connectivity index (χ1) is 9.58. The van der Waals surface area contributed by atoms with Crippen molar-refractivity contribution < 1.29 is 4.79 Å². The molecule has 1 saturated heterocycles. The van der Waals surface area contributed by atoms with E-state index in [1.807, 2.05) is 31.3 Å². The van der Waals surface area contributed by atoms with E-state index in [2.05, 4.69) is 11.8 Å².